The van der Waals surface area contributed by atoms with Crippen molar-refractivity contribution in [3.63, 3.8) is 0 Å². The highest BCUT2D eigenvalue weighted by Crippen LogP contribution is 2.47. The van der Waals surface area contributed by atoms with Crippen molar-refractivity contribution in [2.75, 3.05) is 0 Å². The molecule has 3 unspecified atom stereocenters. The number of nitrogens with one attached hydrogen (secondary N) is 1. The highest BCUT2D eigenvalue weighted by atomic mass is 16.4. The number of aliphatic carboxylic acids is 1. The van der Waals surface area contributed by atoms with Crippen LogP contribution in [-0.4, -0.2) is 23.0 Å². The molecule has 1 aromatic carbocycles. The lowest BCUT2D eigenvalue weighted by atomic mass is 10.00. The van der Waals surface area contributed by atoms with Gasteiger partial charge in [-0.2, -0.15) is 0 Å². The van der Waals surface area contributed by atoms with Crippen LogP contribution in [0.5, 0.6) is 0 Å². The first-order valence-electron chi connectivity index (χ1n) is 7.57. The molecule has 0 radical (unpaired) electrons. The summed E-state index contributed by atoms with van der Waals surface area (Å²) >= 11 is 0. The van der Waals surface area contributed by atoms with Crippen molar-refractivity contribution < 1.29 is 14.7 Å². The Hall–Kier alpha value is -1.84. The Morgan fingerprint density at radius 1 is 1.29 bits per heavy atom. The molecule has 4 heteroatoms. The maximum atomic E-state index is 12.1. The minimum Gasteiger partial charge on any atom is -0.480 e. The Balaban J connectivity index is 1.94. The van der Waals surface area contributed by atoms with Crippen molar-refractivity contribution in [1.82, 2.24) is 5.32 Å². The first-order valence-corrected chi connectivity index (χ1v) is 7.57. The zero-order chi connectivity index (χ0) is 15.6. The summed E-state index contributed by atoms with van der Waals surface area (Å²) in [5.74, 6) is -0.453. The average Bonchev–Trinajstić information content (AvgIpc) is 3.24. The van der Waals surface area contributed by atoms with E-state index < -0.39 is 12.0 Å². The molecule has 3 atom stereocenters. The van der Waals surface area contributed by atoms with Gasteiger partial charge in [0.05, 0.1) is 0 Å². The summed E-state index contributed by atoms with van der Waals surface area (Å²) in [5.41, 5.74) is 2.46. The summed E-state index contributed by atoms with van der Waals surface area (Å²) < 4.78 is 0. The van der Waals surface area contributed by atoms with Gasteiger partial charge in [0, 0.05) is 5.92 Å². The van der Waals surface area contributed by atoms with Crippen LogP contribution in [0.25, 0.3) is 0 Å². The Labute approximate surface area is 125 Å². The Kier molecular flexibility index (Phi) is 4.66. The second kappa shape index (κ2) is 6.29. The zero-order valence-electron chi connectivity index (χ0n) is 12.8. The lowest BCUT2D eigenvalue weighted by Crippen LogP contribution is -2.41. The molecule has 1 aromatic rings. The predicted molar refractivity (Wildman–Crippen MR) is 81.2 cm³/mol. The van der Waals surface area contributed by atoms with Gasteiger partial charge in [-0.25, -0.2) is 4.79 Å². The summed E-state index contributed by atoms with van der Waals surface area (Å²) in [6, 6.07) is 7.62. The fourth-order valence-corrected chi connectivity index (χ4v) is 2.60. The minimum atomic E-state index is -0.968. The molecular formula is C17H23NO3. The first-order chi connectivity index (χ1) is 9.93. The van der Waals surface area contributed by atoms with Gasteiger partial charge in [-0.15, -0.1) is 0 Å². The second-order valence-electron chi connectivity index (χ2n) is 6.08. The first kappa shape index (κ1) is 15.5. The highest BCUT2D eigenvalue weighted by molar-refractivity contribution is 5.87. The summed E-state index contributed by atoms with van der Waals surface area (Å²) in [7, 11) is 0. The van der Waals surface area contributed by atoms with E-state index in [1.54, 1.807) is 6.92 Å². The van der Waals surface area contributed by atoms with Gasteiger partial charge in [0.25, 0.3) is 0 Å². The van der Waals surface area contributed by atoms with E-state index in [-0.39, 0.29) is 17.7 Å². The molecule has 1 saturated carbocycles. The summed E-state index contributed by atoms with van der Waals surface area (Å²) in [6.45, 7) is 6.06. The van der Waals surface area contributed by atoms with Gasteiger partial charge in [-0.3, -0.25) is 4.79 Å². The van der Waals surface area contributed by atoms with Crippen LogP contribution in [0.4, 0.5) is 0 Å². The number of hydrogen-bond acceptors (Lipinski definition) is 2. The van der Waals surface area contributed by atoms with E-state index in [0.717, 1.165) is 6.42 Å². The molecule has 0 spiro atoms. The topological polar surface area (TPSA) is 66.4 Å². The van der Waals surface area contributed by atoms with Crippen molar-refractivity contribution in [3.8, 4) is 0 Å². The van der Waals surface area contributed by atoms with Crippen molar-refractivity contribution in [1.29, 1.82) is 0 Å². The van der Waals surface area contributed by atoms with E-state index in [1.807, 2.05) is 0 Å². The number of benzene rings is 1. The molecule has 1 fully saturated rings. The molecule has 4 nitrogen and oxygen atoms in total. The number of amides is 1. The van der Waals surface area contributed by atoms with Crippen LogP contribution in [0.2, 0.25) is 0 Å². The fourth-order valence-electron chi connectivity index (χ4n) is 2.60. The van der Waals surface area contributed by atoms with Gasteiger partial charge in [0.2, 0.25) is 5.91 Å². The average molecular weight is 289 g/mol. The molecule has 0 heterocycles. The van der Waals surface area contributed by atoms with Crippen molar-refractivity contribution in [3.05, 3.63) is 35.4 Å². The van der Waals surface area contributed by atoms with Crippen LogP contribution in [0.15, 0.2) is 24.3 Å². The summed E-state index contributed by atoms with van der Waals surface area (Å²) in [6.07, 6.45) is 1.21. The van der Waals surface area contributed by atoms with Crippen molar-refractivity contribution >= 4 is 11.9 Å². The third-order valence-corrected chi connectivity index (χ3v) is 4.18. The molecule has 1 aliphatic carbocycles. The Bertz CT molecular complexity index is 521. The zero-order valence-corrected chi connectivity index (χ0v) is 12.8. The minimum absolute atomic E-state index is 0.0803. The normalized spacial score (nSPS) is 21.9. The molecule has 0 aromatic heterocycles. The third-order valence-electron chi connectivity index (χ3n) is 4.18. The maximum Gasteiger partial charge on any atom is 0.326 e. The smallest absolute Gasteiger partial charge is 0.326 e. The summed E-state index contributed by atoms with van der Waals surface area (Å²) in [5, 5.41) is 11.6. The molecule has 0 saturated heterocycles. The van der Waals surface area contributed by atoms with Crippen LogP contribution in [0.1, 0.15) is 56.6 Å². The Morgan fingerprint density at radius 3 is 2.38 bits per heavy atom. The van der Waals surface area contributed by atoms with Crippen LogP contribution in [0.3, 0.4) is 0 Å². The molecular weight excluding hydrogens is 266 g/mol. The number of carboxylic acid groups (broad SMARTS) is 1. The van der Waals surface area contributed by atoms with Crippen LogP contribution < -0.4 is 5.32 Å². The number of carboxylic acids is 1. The third kappa shape index (κ3) is 3.63. The standard InChI is InChI=1S/C17H23NO3/c1-4-15(17(20)21)18-16(19)14-9-13(14)12-7-5-11(6-8-12)10(2)3/h5-8,10,13-15H,4,9H2,1-3H3,(H,18,19)(H,20,21). The molecule has 0 aliphatic heterocycles. The van der Waals surface area contributed by atoms with Gasteiger partial charge in [0.1, 0.15) is 6.04 Å². The SMILES string of the molecule is CCC(NC(=O)C1CC1c1ccc(C(C)C)cc1)C(=O)O. The summed E-state index contributed by atoms with van der Waals surface area (Å²) in [4.78, 5) is 23.0. The van der Waals surface area contributed by atoms with Gasteiger partial charge < -0.3 is 10.4 Å². The lowest BCUT2D eigenvalue weighted by molar-refractivity contribution is -0.142. The van der Waals surface area contributed by atoms with Crippen LogP contribution >= 0.6 is 0 Å². The second-order valence-corrected chi connectivity index (χ2v) is 6.08. The van der Waals surface area contributed by atoms with Gasteiger partial charge in [0.15, 0.2) is 0 Å². The molecule has 1 aliphatic rings. The van der Waals surface area contributed by atoms with E-state index in [0.29, 0.717) is 12.3 Å². The number of carbonyl (C=O) groups is 2. The van der Waals surface area contributed by atoms with Gasteiger partial charge in [-0.05, 0) is 35.8 Å². The lowest BCUT2D eigenvalue weighted by Gasteiger charge is -2.12. The quantitative estimate of drug-likeness (QED) is 0.846. The van der Waals surface area contributed by atoms with E-state index in [2.05, 4.69) is 43.4 Å². The number of carbonyl (C=O) groups excluding carboxylic acids is 1. The maximum absolute atomic E-state index is 12.1. The molecule has 21 heavy (non-hydrogen) atoms. The van der Waals surface area contributed by atoms with Crippen molar-refractivity contribution in [2.45, 2.75) is 51.5 Å². The van der Waals surface area contributed by atoms with E-state index in [9.17, 15) is 9.59 Å². The fraction of sp³-hybridized carbons (Fsp3) is 0.529. The largest absolute Gasteiger partial charge is 0.480 e. The van der Waals surface area contributed by atoms with E-state index in [1.165, 1.54) is 11.1 Å². The van der Waals surface area contributed by atoms with Gasteiger partial charge >= 0.3 is 5.97 Å². The predicted octanol–water partition coefficient (Wildman–Crippen LogP) is 2.89. The van der Waals surface area contributed by atoms with Crippen LogP contribution in [-0.2, 0) is 9.59 Å². The van der Waals surface area contributed by atoms with E-state index in [4.69, 9.17) is 5.11 Å². The van der Waals surface area contributed by atoms with Crippen LogP contribution in [0, 0.1) is 5.92 Å². The van der Waals surface area contributed by atoms with Gasteiger partial charge in [-0.1, -0.05) is 45.0 Å². The molecule has 2 N–H and O–H groups in total. The molecule has 1 amide bonds. The van der Waals surface area contributed by atoms with Crippen molar-refractivity contribution in [2.24, 2.45) is 5.92 Å². The number of hydrogen-bond donors (Lipinski definition) is 2. The highest BCUT2D eigenvalue weighted by Gasteiger charge is 2.44. The number of rotatable bonds is 6. The molecule has 0 bridgehead atoms. The molecule has 2 rings (SSSR count). The van der Waals surface area contributed by atoms with E-state index >= 15 is 0 Å². The Morgan fingerprint density at radius 2 is 1.90 bits per heavy atom. The monoisotopic (exact) mass is 289 g/mol. The molecule has 114 valence electrons.